The second-order valence-corrected chi connectivity index (χ2v) is 3.37. The first kappa shape index (κ1) is 5.26. The quantitative estimate of drug-likeness (QED) is 0.574. The second kappa shape index (κ2) is 1.72. The summed E-state index contributed by atoms with van der Waals surface area (Å²) < 4.78 is 2.69. The highest BCUT2D eigenvalue weighted by Gasteiger charge is 1.95. The first-order valence-electron chi connectivity index (χ1n) is 2.43. The molecular formula is C5H3ClN2S. The molecule has 0 atom stereocenters. The molecule has 0 unspecified atom stereocenters. The molecule has 2 heterocycles. The Hall–Kier alpha value is -0.540. The van der Waals surface area contributed by atoms with Gasteiger partial charge >= 0.3 is 0 Å². The van der Waals surface area contributed by atoms with Gasteiger partial charge in [-0.25, -0.2) is 4.98 Å². The normalized spacial score (nSPS) is 10.8. The van der Waals surface area contributed by atoms with Gasteiger partial charge in [0.05, 0.1) is 12.5 Å². The Labute approximate surface area is 60.7 Å². The molecule has 0 saturated heterocycles. The van der Waals surface area contributed by atoms with Crippen molar-refractivity contribution in [1.82, 2.24) is 9.38 Å². The highest BCUT2D eigenvalue weighted by Crippen LogP contribution is 2.21. The van der Waals surface area contributed by atoms with Gasteiger partial charge in [-0.2, -0.15) is 0 Å². The number of rotatable bonds is 0. The van der Waals surface area contributed by atoms with Gasteiger partial charge in [-0.1, -0.05) is 11.6 Å². The molecule has 0 aromatic carbocycles. The predicted molar refractivity (Wildman–Crippen MR) is 38.1 cm³/mol. The molecule has 0 aliphatic heterocycles. The van der Waals surface area contributed by atoms with Crippen LogP contribution >= 0.6 is 22.9 Å². The minimum Gasteiger partial charge on any atom is -0.295 e. The largest absolute Gasteiger partial charge is 0.295 e. The Balaban J connectivity index is 2.92. The molecule has 2 rings (SSSR count). The predicted octanol–water partition coefficient (Wildman–Crippen LogP) is 2.05. The topological polar surface area (TPSA) is 17.3 Å². The lowest BCUT2D eigenvalue weighted by atomic mass is 10.9. The average Bonchev–Trinajstić information content (AvgIpc) is 2.22. The van der Waals surface area contributed by atoms with E-state index in [9.17, 15) is 0 Å². The van der Waals surface area contributed by atoms with Crippen LogP contribution < -0.4 is 0 Å². The fourth-order valence-corrected chi connectivity index (χ4v) is 1.73. The van der Waals surface area contributed by atoms with Crippen LogP contribution in [0, 0.1) is 0 Å². The third-order valence-electron chi connectivity index (χ3n) is 1.07. The molecule has 9 heavy (non-hydrogen) atoms. The van der Waals surface area contributed by atoms with Crippen molar-refractivity contribution in [1.29, 1.82) is 0 Å². The molecule has 0 amide bonds. The Morgan fingerprint density at radius 3 is 3.33 bits per heavy atom. The van der Waals surface area contributed by atoms with E-state index in [-0.39, 0.29) is 0 Å². The van der Waals surface area contributed by atoms with Gasteiger partial charge in [0.25, 0.3) is 0 Å². The minimum absolute atomic E-state index is 0.799. The maximum Gasteiger partial charge on any atom is 0.120 e. The molecule has 0 saturated carbocycles. The summed E-state index contributed by atoms with van der Waals surface area (Å²) in [6.45, 7) is 0. The van der Waals surface area contributed by atoms with Crippen molar-refractivity contribution in [2.24, 2.45) is 0 Å². The van der Waals surface area contributed by atoms with Crippen molar-refractivity contribution >= 4 is 27.8 Å². The maximum atomic E-state index is 5.69. The number of imidazole rings is 1. The van der Waals surface area contributed by atoms with E-state index in [1.165, 1.54) is 11.3 Å². The van der Waals surface area contributed by atoms with Gasteiger partial charge in [0.15, 0.2) is 0 Å². The second-order valence-electron chi connectivity index (χ2n) is 1.67. The van der Waals surface area contributed by atoms with E-state index in [4.69, 9.17) is 11.6 Å². The molecule has 4 heteroatoms. The van der Waals surface area contributed by atoms with Crippen LogP contribution in [0.3, 0.4) is 0 Å². The van der Waals surface area contributed by atoms with Crippen LogP contribution in [0.1, 0.15) is 0 Å². The van der Waals surface area contributed by atoms with Crippen molar-refractivity contribution in [2.45, 2.75) is 0 Å². The lowest BCUT2D eigenvalue weighted by Gasteiger charge is -1.71. The Bertz CT molecular complexity index is 296. The van der Waals surface area contributed by atoms with Crippen molar-refractivity contribution in [3.05, 3.63) is 23.1 Å². The van der Waals surface area contributed by atoms with Crippen molar-refractivity contribution in [2.75, 3.05) is 0 Å². The molecule has 0 radical (unpaired) electrons. The lowest BCUT2D eigenvalue weighted by molar-refractivity contribution is 1.18. The molecule has 2 aromatic heterocycles. The van der Waals surface area contributed by atoms with Gasteiger partial charge in [0.2, 0.25) is 0 Å². The Morgan fingerprint density at radius 1 is 1.67 bits per heavy atom. The van der Waals surface area contributed by atoms with E-state index in [0.29, 0.717) is 0 Å². The van der Waals surface area contributed by atoms with Crippen LogP contribution in [0.15, 0.2) is 18.7 Å². The molecular weight excluding hydrogens is 156 g/mol. The number of thiazole rings is 1. The summed E-state index contributed by atoms with van der Waals surface area (Å²) >= 11 is 7.22. The first-order chi connectivity index (χ1) is 4.36. The Kier molecular flexibility index (Phi) is 1.00. The fraction of sp³-hybridized carbons (Fsp3) is 0. The van der Waals surface area contributed by atoms with E-state index in [2.05, 4.69) is 4.98 Å². The fourth-order valence-electron chi connectivity index (χ4n) is 0.704. The third kappa shape index (κ3) is 0.730. The van der Waals surface area contributed by atoms with Crippen molar-refractivity contribution in [3.8, 4) is 0 Å². The summed E-state index contributed by atoms with van der Waals surface area (Å²) in [5.74, 6) is 0. The molecule has 0 aliphatic carbocycles. The van der Waals surface area contributed by atoms with E-state index >= 15 is 0 Å². The summed E-state index contributed by atoms with van der Waals surface area (Å²) in [6.07, 6.45) is 5.36. The van der Waals surface area contributed by atoms with Crippen LogP contribution in [0.5, 0.6) is 0 Å². The average molecular weight is 159 g/mol. The van der Waals surface area contributed by atoms with E-state index in [1.54, 1.807) is 12.5 Å². The monoisotopic (exact) mass is 158 g/mol. The molecule has 0 aliphatic rings. The molecule has 2 aromatic rings. The maximum absolute atomic E-state index is 5.69. The standard InChI is InChI=1S/C5H3ClN2S/c6-4-2-8-3-7-1-5(8)9-4/h1-3H. The zero-order chi connectivity index (χ0) is 6.27. The molecule has 0 bridgehead atoms. The zero-order valence-corrected chi connectivity index (χ0v) is 5.99. The van der Waals surface area contributed by atoms with Gasteiger partial charge in [-0.3, -0.25) is 4.40 Å². The SMILES string of the molecule is Clc1cn2cncc2s1. The summed E-state index contributed by atoms with van der Waals surface area (Å²) in [7, 11) is 0. The van der Waals surface area contributed by atoms with Crippen LogP contribution in [-0.2, 0) is 0 Å². The summed E-state index contributed by atoms with van der Waals surface area (Å²) in [4.78, 5) is 5.00. The van der Waals surface area contributed by atoms with Crippen molar-refractivity contribution in [3.63, 3.8) is 0 Å². The first-order valence-corrected chi connectivity index (χ1v) is 3.63. The van der Waals surface area contributed by atoms with Gasteiger partial charge in [-0.15, -0.1) is 11.3 Å². The van der Waals surface area contributed by atoms with Gasteiger partial charge in [-0.05, 0) is 0 Å². The molecule has 46 valence electrons. The number of hydrogen-bond acceptors (Lipinski definition) is 2. The Morgan fingerprint density at radius 2 is 2.56 bits per heavy atom. The van der Waals surface area contributed by atoms with E-state index in [1.807, 2.05) is 10.6 Å². The van der Waals surface area contributed by atoms with E-state index < -0.39 is 0 Å². The molecule has 0 fully saturated rings. The third-order valence-corrected chi connectivity index (χ3v) is 2.23. The van der Waals surface area contributed by atoms with Gasteiger partial charge in [0, 0.05) is 6.20 Å². The number of fused-ring (bicyclic) bond motifs is 1. The minimum atomic E-state index is 0.799. The molecule has 2 nitrogen and oxygen atoms in total. The summed E-state index contributed by atoms with van der Waals surface area (Å²) in [6, 6.07) is 0. The van der Waals surface area contributed by atoms with Crippen LogP contribution in [-0.4, -0.2) is 9.38 Å². The number of halogens is 1. The summed E-state index contributed by atoms with van der Waals surface area (Å²) in [5.41, 5.74) is 0. The zero-order valence-electron chi connectivity index (χ0n) is 4.41. The highest BCUT2D eigenvalue weighted by atomic mass is 35.5. The van der Waals surface area contributed by atoms with Gasteiger partial charge in [0.1, 0.15) is 9.17 Å². The van der Waals surface area contributed by atoms with Crippen molar-refractivity contribution < 1.29 is 0 Å². The summed E-state index contributed by atoms with van der Waals surface area (Å²) in [5, 5.41) is 0. The lowest BCUT2D eigenvalue weighted by Crippen LogP contribution is -1.66. The van der Waals surface area contributed by atoms with E-state index in [0.717, 1.165) is 9.17 Å². The smallest absolute Gasteiger partial charge is 0.120 e. The molecule has 0 N–H and O–H groups in total. The van der Waals surface area contributed by atoms with Crippen LogP contribution in [0.25, 0.3) is 4.83 Å². The van der Waals surface area contributed by atoms with Gasteiger partial charge < -0.3 is 0 Å². The highest BCUT2D eigenvalue weighted by molar-refractivity contribution is 7.21. The number of hydrogen-bond donors (Lipinski definition) is 0. The molecule has 0 spiro atoms. The number of aromatic nitrogens is 2. The number of nitrogens with zero attached hydrogens (tertiary/aromatic N) is 2. The van der Waals surface area contributed by atoms with Crippen LogP contribution in [0.2, 0.25) is 4.34 Å². The van der Waals surface area contributed by atoms with Crippen LogP contribution in [0.4, 0.5) is 0 Å².